The molecule has 3 rings (SSSR count). The van der Waals surface area contributed by atoms with Crippen LogP contribution in [0.15, 0.2) is 87.9 Å². The number of carboxylic acids is 1. The normalized spacial score (nSPS) is 11.0. The summed E-state index contributed by atoms with van der Waals surface area (Å²) >= 11 is 0. The van der Waals surface area contributed by atoms with Crippen LogP contribution in [0.4, 0.5) is 17.1 Å². The average molecular weight is 419 g/mol. The van der Waals surface area contributed by atoms with Crippen molar-refractivity contribution in [2.45, 2.75) is 4.90 Å². The molecule has 2 N–H and O–H groups in total. The zero-order valence-electron chi connectivity index (χ0n) is 15.3. The molecule has 142 valence electrons. The first-order chi connectivity index (χ1) is 13.3. The van der Waals surface area contributed by atoms with Gasteiger partial charge in [-0.05, 0) is 54.6 Å². The number of aromatic hydroxyl groups is 1. The maximum absolute atomic E-state index is 12.4. The summed E-state index contributed by atoms with van der Waals surface area (Å²) in [6.45, 7) is 0. The van der Waals surface area contributed by atoms with Crippen molar-refractivity contribution in [2.24, 2.45) is 10.2 Å². The second-order valence-electron chi connectivity index (χ2n) is 5.65. The van der Waals surface area contributed by atoms with Crippen molar-refractivity contribution in [1.29, 1.82) is 0 Å². The average Bonchev–Trinajstić information content (AvgIpc) is 2.68. The summed E-state index contributed by atoms with van der Waals surface area (Å²) < 4.78 is 27.2. The molecule has 0 heterocycles. The van der Waals surface area contributed by atoms with E-state index in [4.69, 9.17) is 0 Å². The molecule has 0 aliphatic heterocycles. The van der Waals surface area contributed by atoms with Crippen LogP contribution in [0.1, 0.15) is 10.4 Å². The van der Waals surface area contributed by atoms with Gasteiger partial charge in [0.1, 0.15) is 5.75 Å². The van der Waals surface area contributed by atoms with Gasteiger partial charge >= 0.3 is 29.6 Å². The predicted octanol–water partition coefficient (Wildman–Crippen LogP) is -0.0241. The Kier molecular flexibility index (Phi) is 7.52. The van der Waals surface area contributed by atoms with Crippen molar-refractivity contribution < 1.29 is 53.0 Å². The van der Waals surface area contributed by atoms with E-state index in [1.54, 1.807) is 30.3 Å². The van der Waals surface area contributed by atoms with E-state index < -0.39 is 27.3 Å². The van der Waals surface area contributed by atoms with Crippen molar-refractivity contribution >= 4 is 33.1 Å². The topological polar surface area (TPSA) is 131 Å². The summed E-state index contributed by atoms with van der Waals surface area (Å²) in [5.74, 6) is -1.96. The van der Waals surface area contributed by atoms with E-state index in [0.717, 1.165) is 6.07 Å². The predicted molar refractivity (Wildman–Crippen MR) is 100 cm³/mol. The van der Waals surface area contributed by atoms with Crippen LogP contribution in [0.25, 0.3) is 0 Å². The molecule has 3 aromatic carbocycles. The number of azo groups is 1. The molecule has 0 atom stereocenters. The minimum absolute atomic E-state index is 0. The van der Waals surface area contributed by atoms with Crippen LogP contribution in [0.5, 0.6) is 5.75 Å². The molecule has 0 unspecified atom stereocenters. The third-order valence-corrected chi connectivity index (χ3v) is 5.05. The molecule has 0 radical (unpaired) electrons. The fourth-order valence-electron chi connectivity index (χ4n) is 2.28. The third kappa shape index (κ3) is 5.88. The van der Waals surface area contributed by atoms with E-state index in [1.165, 1.54) is 36.4 Å². The van der Waals surface area contributed by atoms with Gasteiger partial charge in [-0.25, -0.2) is 8.42 Å². The number of anilines is 1. The Hall–Kier alpha value is -2.72. The Morgan fingerprint density at radius 1 is 0.897 bits per heavy atom. The molecule has 0 amide bonds. The molecule has 0 saturated carbocycles. The molecule has 0 aromatic heterocycles. The number of benzene rings is 3. The van der Waals surface area contributed by atoms with E-state index in [2.05, 4.69) is 15.0 Å². The molecule has 0 aliphatic carbocycles. The Morgan fingerprint density at radius 2 is 1.48 bits per heavy atom. The van der Waals surface area contributed by atoms with Crippen molar-refractivity contribution in [1.82, 2.24) is 0 Å². The first kappa shape index (κ1) is 22.6. The first-order valence-electron chi connectivity index (χ1n) is 7.99. The summed E-state index contributed by atoms with van der Waals surface area (Å²) in [6.07, 6.45) is 0. The van der Waals surface area contributed by atoms with E-state index >= 15 is 0 Å². The maximum atomic E-state index is 12.4. The Bertz CT molecular complexity index is 1130. The van der Waals surface area contributed by atoms with Gasteiger partial charge in [0.25, 0.3) is 10.0 Å². The number of nitrogens with zero attached hydrogens (tertiary/aromatic N) is 2. The van der Waals surface area contributed by atoms with Crippen LogP contribution < -0.4 is 39.4 Å². The van der Waals surface area contributed by atoms with E-state index in [-0.39, 0.29) is 40.1 Å². The number of carboxylic acid groups (broad SMARTS) is 1. The van der Waals surface area contributed by atoms with Gasteiger partial charge in [-0.15, -0.1) is 0 Å². The van der Waals surface area contributed by atoms with E-state index in [1.807, 2.05) is 0 Å². The minimum atomic E-state index is -3.74. The van der Waals surface area contributed by atoms with Crippen LogP contribution in [0.2, 0.25) is 0 Å². The molecular weight excluding hydrogens is 405 g/mol. The van der Waals surface area contributed by atoms with Crippen molar-refractivity contribution in [3.8, 4) is 5.75 Å². The molecule has 0 aliphatic rings. The number of sulfonamides is 1. The largest absolute Gasteiger partial charge is 1.00 e. The molecule has 0 saturated heterocycles. The van der Waals surface area contributed by atoms with E-state index in [0.29, 0.717) is 11.4 Å². The smallest absolute Gasteiger partial charge is 0.545 e. The van der Waals surface area contributed by atoms with Crippen molar-refractivity contribution in [3.05, 3.63) is 78.4 Å². The fraction of sp³-hybridized carbons (Fsp3) is 0. The number of phenols is 1. The monoisotopic (exact) mass is 419 g/mol. The second kappa shape index (κ2) is 9.66. The summed E-state index contributed by atoms with van der Waals surface area (Å²) in [4.78, 5) is 11.0. The summed E-state index contributed by atoms with van der Waals surface area (Å²) in [5.41, 5.74) is 0.605. The quantitative estimate of drug-likeness (QED) is 0.428. The van der Waals surface area contributed by atoms with Gasteiger partial charge < -0.3 is 15.0 Å². The summed E-state index contributed by atoms with van der Waals surface area (Å²) in [7, 11) is -3.74. The number of nitrogens with one attached hydrogen (secondary N) is 1. The first-order valence-corrected chi connectivity index (χ1v) is 9.47. The zero-order valence-corrected chi connectivity index (χ0v) is 18.1. The summed E-state index contributed by atoms with van der Waals surface area (Å²) in [6, 6.07) is 17.8. The second-order valence-corrected chi connectivity index (χ2v) is 7.34. The fourth-order valence-corrected chi connectivity index (χ4v) is 3.34. The molecular formula is C19H14N3NaO5S. The maximum Gasteiger partial charge on any atom is 1.00 e. The van der Waals surface area contributed by atoms with Gasteiger partial charge in [-0.1, -0.05) is 18.2 Å². The van der Waals surface area contributed by atoms with Gasteiger partial charge in [0.15, 0.2) is 0 Å². The van der Waals surface area contributed by atoms with Crippen molar-refractivity contribution in [3.63, 3.8) is 0 Å². The molecule has 0 fully saturated rings. The SMILES string of the molecule is O=C([O-])c1cc(/N=N/c2ccc(S(=O)(=O)Nc3ccccc3)cc2)ccc1O.[Na+]. The van der Waals surface area contributed by atoms with Crippen molar-refractivity contribution in [2.75, 3.05) is 4.72 Å². The van der Waals surface area contributed by atoms with Gasteiger partial charge in [0.05, 0.1) is 22.2 Å². The van der Waals surface area contributed by atoms with E-state index in [9.17, 15) is 23.4 Å². The Balaban J connectivity index is 0.00000300. The number of hydrogen-bond acceptors (Lipinski definition) is 7. The molecule has 3 aromatic rings. The van der Waals surface area contributed by atoms with Crippen LogP contribution >= 0.6 is 0 Å². The van der Waals surface area contributed by atoms with Gasteiger partial charge in [-0.3, -0.25) is 4.72 Å². The number of carbonyl (C=O) groups excluding carboxylic acids is 1. The molecule has 10 heteroatoms. The summed E-state index contributed by atoms with van der Waals surface area (Å²) in [5, 5.41) is 28.2. The Morgan fingerprint density at radius 3 is 2.10 bits per heavy atom. The Labute approximate surface area is 189 Å². The van der Waals surface area contributed by atoms with Crippen LogP contribution in [-0.2, 0) is 10.0 Å². The van der Waals surface area contributed by atoms with Crippen LogP contribution in [0, 0.1) is 0 Å². The minimum Gasteiger partial charge on any atom is -0.545 e. The molecule has 0 bridgehead atoms. The molecule has 0 spiro atoms. The third-order valence-electron chi connectivity index (χ3n) is 3.65. The van der Waals surface area contributed by atoms with Crippen LogP contribution in [0.3, 0.4) is 0 Å². The standard InChI is InChI=1S/C19H15N3O5S.Na/c23-18-11-8-15(12-17(18)19(24)25)21-20-13-6-9-16(10-7-13)28(26,27)22-14-4-2-1-3-5-14;/h1-12,22-23H,(H,24,25);/q;+1/p-1/b21-20+;. The zero-order chi connectivity index (χ0) is 20.1. The van der Waals surface area contributed by atoms with Gasteiger partial charge in [0.2, 0.25) is 0 Å². The number of hydrogen-bond donors (Lipinski definition) is 2. The van der Waals surface area contributed by atoms with Gasteiger partial charge in [0, 0.05) is 11.3 Å². The van der Waals surface area contributed by atoms with Crippen LogP contribution in [-0.4, -0.2) is 19.5 Å². The number of carbonyl (C=O) groups is 1. The number of aromatic carboxylic acids is 1. The molecule has 29 heavy (non-hydrogen) atoms. The van der Waals surface area contributed by atoms with Gasteiger partial charge in [-0.2, -0.15) is 10.2 Å². The number of rotatable bonds is 6. The molecule has 8 nitrogen and oxygen atoms in total. The number of para-hydroxylation sites is 1.